The van der Waals surface area contributed by atoms with Crippen molar-refractivity contribution in [2.24, 2.45) is 0 Å². The van der Waals surface area contributed by atoms with Gasteiger partial charge in [-0.15, -0.1) is 0 Å². The van der Waals surface area contributed by atoms with Crippen molar-refractivity contribution in [3.63, 3.8) is 0 Å². The van der Waals surface area contributed by atoms with Crippen LogP contribution in [-0.2, 0) is 6.42 Å². The number of methoxy groups -OCH3 is 1. The van der Waals surface area contributed by atoms with Crippen LogP contribution in [0.3, 0.4) is 0 Å². The zero-order valence-corrected chi connectivity index (χ0v) is 14.0. The Balaban J connectivity index is 1.77. The number of nitrogens with one attached hydrogen (secondary N) is 1. The number of ether oxygens (including phenoxy) is 1. The monoisotopic (exact) mass is 324 g/mol. The van der Waals surface area contributed by atoms with Crippen LogP contribution in [0.25, 0.3) is 10.9 Å². The maximum Gasteiger partial charge on any atom is 0.270 e. The molecule has 0 saturated heterocycles. The van der Waals surface area contributed by atoms with Crippen LogP contribution in [0, 0.1) is 0 Å². The minimum Gasteiger partial charge on any atom is -0.497 e. The van der Waals surface area contributed by atoms with Gasteiger partial charge in [0, 0.05) is 49.0 Å². The smallest absolute Gasteiger partial charge is 0.270 e. The summed E-state index contributed by atoms with van der Waals surface area (Å²) in [7, 11) is 3.43. The van der Waals surface area contributed by atoms with Crippen LogP contribution >= 0.6 is 0 Å². The Morgan fingerprint density at radius 3 is 2.88 bits per heavy atom. The third-order valence-electron chi connectivity index (χ3n) is 4.16. The van der Waals surface area contributed by atoms with E-state index in [0.717, 1.165) is 22.3 Å². The summed E-state index contributed by atoms with van der Waals surface area (Å²) in [4.78, 5) is 25.9. The van der Waals surface area contributed by atoms with E-state index < -0.39 is 0 Å². The lowest BCUT2D eigenvalue weighted by atomic mass is 10.1. The standard InChI is InChI=1S/C18H20N4O2/c1-12(8-14-11-19-6-7-20-14)22(2)18(23)17-10-13-9-15(24-3)4-5-16(13)21-17/h4-7,9-12,21H,8H2,1-3H3/t12-/m1/s1. The molecule has 1 atom stereocenters. The normalized spacial score (nSPS) is 12.1. The number of hydrogen-bond acceptors (Lipinski definition) is 4. The van der Waals surface area contributed by atoms with Crippen molar-refractivity contribution in [2.45, 2.75) is 19.4 Å². The molecule has 0 aliphatic rings. The van der Waals surface area contributed by atoms with Gasteiger partial charge in [-0.2, -0.15) is 0 Å². The molecule has 6 heteroatoms. The molecular weight excluding hydrogens is 304 g/mol. The molecule has 6 nitrogen and oxygen atoms in total. The molecule has 124 valence electrons. The highest BCUT2D eigenvalue weighted by atomic mass is 16.5. The van der Waals surface area contributed by atoms with Gasteiger partial charge in [-0.05, 0) is 31.2 Å². The number of aromatic amines is 1. The highest BCUT2D eigenvalue weighted by molar-refractivity contribution is 5.98. The summed E-state index contributed by atoms with van der Waals surface area (Å²) in [5.74, 6) is 0.714. The molecule has 0 aliphatic heterocycles. The van der Waals surface area contributed by atoms with E-state index in [1.54, 1.807) is 37.6 Å². The molecule has 2 aromatic heterocycles. The second kappa shape index (κ2) is 6.70. The number of amides is 1. The largest absolute Gasteiger partial charge is 0.497 e. The van der Waals surface area contributed by atoms with Crippen molar-refractivity contribution in [2.75, 3.05) is 14.2 Å². The molecule has 24 heavy (non-hydrogen) atoms. The van der Waals surface area contributed by atoms with Gasteiger partial charge in [0.2, 0.25) is 0 Å². The first-order chi connectivity index (χ1) is 11.6. The van der Waals surface area contributed by atoms with E-state index in [4.69, 9.17) is 4.74 Å². The third-order valence-corrected chi connectivity index (χ3v) is 4.16. The summed E-state index contributed by atoms with van der Waals surface area (Å²) in [5, 5.41) is 0.952. The molecular formula is C18H20N4O2. The zero-order valence-electron chi connectivity index (χ0n) is 14.0. The zero-order chi connectivity index (χ0) is 17.1. The van der Waals surface area contributed by atoms with Crippen LogP contribution in [0.5, 0.6) is 5.75 Å². The summed E-state index contributed by atoms with van der Waals surface area (Å²) < 4.78 is 5.22. The Hall–Kier alpha value is -2.89. The average molecular weight is 324 g/mol. The highest BCUT2D eigenvalue weighted by Crippen LogP contribution is 2.22. The molecule has 3 rings (SSSR count). The lowest BCUT2D eigenvalue weighted by Gasteiger charge is -2.24. The number of carbonyl (C=O) groups excluding carboxylic acids is 1. The lowest BCUT2D eigenvalue weighted by Crippen LogP contribution is -2.36. The molecule has 0 unspecified atom stereocenters. The van der Waals surface area contributed by atoms with Crippen LogP contribution in [0.1, 0.15) is 23.1 Å². The van der Waals surface area contributed by atoms with Crippen LogP contribution in [-0.4, -0.2) is 46.0 Å². The molecule has 0 saturated carbocycles. The number of likely N-dealkylation sites (N-methyl/N-ethyl adjacent to an activating group) is 1. The van der Waals surface area contributed by atoms with Gasteiger partial charge in [0.15, 0.2) is 0 Å². The topological polar surface area (TPSA) is 71.1 Å². The Labute approximate surface area is 140 Å². The Bertz CT molecular complexity index is 845. The third kappa shape index (κ3) is 3.22. The minimum atomic E-state index is -0.0541. The fourth-order valence-corrected chi connectivity index (χ4v) is 2.62. The SMILES string of the molecule is COc1ccc2[nH]c(C(=O)N(C)[C@H](C)Cc3cnccn3)cc2c1. The highest BCUT2D eigenvalue weighted by Gasteiger charge is 2.20. The Morgan fingerprint density at radius 1 is 1.33 bits per heavy atom. The Morgan fingerprint density at radius 2 is 2.17 bits per heavy atom. The fraction of sp³-hybridized carbons (Fsp3) is 0.278. The van der Waals surface area contributed by atoms with Crippen molar-refractivity contribution in [3.8, 4) is 5.75 Å². The van der Waals surface area contributed by atoms with Crippen molar-refractivity contribution >= 4 is 16.8 Å². The number of benzene rings is 1. The van der Waals surface area contributed by atoms with Crippen molar-refractivity contribution < 1.29 is 9.53 Å². The van der Waals surface area contributed by atoms with E-state index in [2.05, 4.69) is 15.0 Å². The van der Waals surface area contributed by atoms with Gasteiger partial charge in [0.1, 0.15) is 11.4 Å². The summed E-state index contributed by atoms with van der Waals surface area (Å²) in [6.45, 7) is 2.00. The molecule has 2 heterocycles. The van der Waals surface area contributed by atoms with E-state index in [9.17, 15) is 4.79 Å². The molecule has 1 amide bonds. The maximum atomic E-state index is 12.7. The Kier molecular flexibility index (Phi) is 4.46. The molecule has 0 fully saturated rings. The summed E-state index contributed by atoms with van der Waals surface area (Å²) in [5.41, 5.74) is 2.34. The van der Waals surface area contributed by atoms with Gasteiger partial charge in [0.25, 0.3) is 5.91 Å². The van der Waals surface area contributed by atoms with Crippen LogP contribution in [0.2, 0.25) is 0 Å². The number of fused-ring (bicyclic) bond motifs is 1. The lowest BCUT2D eigenvalue weighted by molar-refractivity contribution is 0.0738. The molecule has 0 bridgehead atoms. The van der Waals surface area contributed by atoms with Gasteiger partial charge in [-0.25, -0.2) is 0 Å². The first-order valence-electron chi connectivity index (χ1n) is 7.77. The van der Waals surface area contributed by atoms with Gasteiger partial charge < -0.3 is 14.6 Å². The molecule has 0 radical (unpaired) electrons. The summed E-state index contributed by atoms with van der Waals surface area (Å²) in [6, 6.07) is 7.55. The molecule has 0 spiro atoms. The van der Waals surface area contributed by atoms with Crippen LogP contribution in [0.4, 0.5) is 0 Å². The van der Waals surface area contributed by atoms with E-state index >= 15 is 0 Å². The number of H-pyrrole nitrogens is 1. The quantitative estimate of drug-likeness (QED) is 0.783. The van der Waals surface area contributed by atoms with Crippen molar-refractivity contribution in [3.05, 3.63) is 54.2 Å². The molecule has 1 aromatic carbocycles. The van der Waals surface area contributed by atoms with Crippen LogP contribution in [0.15, 0.2) is 42.9 Å². The molecule has 3 aromatic rings. The second-order valence-electron chi connectivity index (χ2n) is 5.80. The first kappa shape index (κ1) is 16.0. The van der Waals surface area contributed by atoms with E-state index in [-0.39, 0.29) is 11.9 Å². The van der Waals surface area contributed by atoms with Crippen molar-refractivity contribution in [1.29, 1.82) is 0 Å². The fourth-order valence-electron chi connectivity index (χ4n) is 2.62. The summed E-state index contributed by atoms with van der Waals surface area (Å²) in [6.07, 6.45) is 5.69. The average Bonchev–Trinajstić information content (AvgIpc) is 3.04. The molecule has 1 N–H and O–H groups in total. The number of hydrogen-bond donors (Lipinski definition) is 1. The van der Waals surface area contributed by atoms with E-state index in [0.29, 0.717) is 12.1 Å². The predicted molar refractivity (Wildman–Crippen MR) is 92.1 cm³/mol. The summed E-state index contributed by atoms with van der Waals surface area (Å²) >= 11 is 0. The van der Waals surface area contributed by atoms with Crippen molar-refractivity contribution in [1.82, 2.24) is 19.9 Å². The number of nitrogens with zero attached hydrogens (tertiary/aromatic N) is 3. The van der Waals surface area contributed by atoms with E-state index in [1.807, 2.05) is 31.2 Å². The maximum absolute atomic E-state index is 12.7. The van der Waals surface area contributed by atoms with Crippen LogP contribution < -0.4 is 4.74 Å². The first-order valence-corrected chi connectivity index (χ1v) is 7.77. The van der Waals surface area contributed by atoms with Gasteiger partial charge >= 0.3 is 0 Å². The van der Waals surface area contributed by atoms with Gasteiger partial charge in [-0.1, -0.05) is 0 Å². The number of aromatic nitrogens is 3. The number of rotatable bonds is 5. The predicted octanol–water partition coefficient (Wildman–Crippen LogP) is 2.67. The van der Waals surface area contributed by atoms with Gasteiger partial charge in [-0.3, -0.25) is 14.8 Å². The van der Waals surface area contributed by atoms with Gasteiger partial charge in [0.05, 0.1) is 12.8 Å². The van der Waals surface area contributed by atoms with E-state index in [1.165, 1.54) is 0 Å². The second-order valence-corrected chi connectivity index (χ2v) is 5.80. The number of carbonyl (C=O) groups is 1. The minimum absolute atomic E-state index is 0.00940. The molecule has 0 aliphatic carbocycles.